The van der Waals surface area contributed by atoms with E-state index in [0.717, 1.165) is 12.1 Å². The van der Waals surface area contributed by atoms with Crippen LogP contribution in [0.4, 0.5) is 18.9 Å². The molecule has 0 radical (unpaired) electrons. The standard InChI is InChI=1S/C14H15F3N2O3/c15-14(16,17)10-3-1-2-4-11(10)18-12(20)9-13(21)19-5-7-22-8-6-19/h1-4H,5-9H2,(H,18,20). The number of benzene rings is 1. The van der Waals surface area contributed by atoms with Crippen molar-refractivity contribution >= 4 is 17.5 Å². The monoisotopic (exact) mass is 316 g/mol. The Bertz CT molecular complexity index is 555. The SMILES string of the molecule is O=C(CC(=O)N1CCOCC1)Nc1ccccc1C(F)(F)F. The van der Waals surface area contributed by atoms with Gasteiger partial charge in [-0.05, 0) is 12.1 Å². The first-order valence-corrected chi connectivity index (χ1v) is 6.69. The smallest absolute Gasteiger partial charge is 0.378 e. The van der Waals surface area contributed by atoms with Crippen molar-refractivity contribution < 1.29 is 27.5 Å². The number of ether oxygens (including phenoxy) is 1. The fraction of sp³-hybridized carbons (Fsp3) is 0.429. The molecule has 0 atom stereocenters. The largest absolute Gasteiger partial charge is 0.418 e. The lowest BCUT2D eigenvalue weighted by molar-refractivity contribution is -0.138. The minimum atomic E-state index is -4.57. The maximum Gasteiger partial charge on any atom is 0.418 e. The number of rotatable bonds is 3. The zero-order valence-corrected chi connectivity index (χ0v) is 11.7. The summed E-state index contributed by atoms with van der Waals surface area (Å²) in [7, 11) is 0. The lowest BCUT2D eigenvalue weighted by atomic mass is 10.1. The number of hydrogen-bond acceptors (Lipinski definition) is 3. The molecule has 1 aliphatic rings. The molecule has 1 aromatic rings. The summed E-state index contributed by atoms with van der Waals surface area (Å²) in [5, 5.41) is 2.15. The van der Waals surface area contributed by atoms with Gasteiger partial charge in [-0.15, -0.1) is 0 Å². The van der Waals surface area contributed by atoms with Crippen LogP contribution in [0, 0.1) is 0 Å². The molecule has 0 saturated carbocycles. The predicted octanol–water partition coefficient (Wildman–Crippen LogP) is 1.89. The van der Waals surface area contributed by atoms with E-state index < -0.39 is 30.0 Å². The van der Waals surface area contributed by atoms with E-state index in [1.807, 2.05) is 0 Å². The van der Waals surface area contributed by atoms with Crippen LogP contribution in [0.25, 0.3) is 0 Å². The first-order chi connectivity index (χ1) is 10.4. The predicted molar refractivity (Wildman–Crippen MR) is 72.1 cm³/mol. The van der Waals surface area contributed by atoms with Gasteiger partial charge in [-0.25, -0.2) is 0 Å². The molecule has 0 aliphatic carbocycles. The number of halogens is 3. The van der Waals surface area contributed by atoms with Crippen LogP contribution in [0.15, 0.2) is 24.3 Å². The average molecular weight is 316 g/mol. The molecule has 120 valence electrons. The van der Waals surface area contributed by atoms with Crippen molar-refractivity contribution in [2.75, 3.05) is 31.6 Å². The summed E-state index contributed by atoms with van der Waals surface area (Å²) >= 11 is 0. The van der Waals surface area contributed by atoms with Crippen LogP contribution in [0.5, 0.6) is 0 Å². The molecular weight excluding hydrogens is 301 g/mol. The highest BCUT2D eigenvalue weighted by Gasteiger charge is 2.33. The van der Waals surface area contributed by atoms with Gasteiger partial charge >= 0.3 is 6.18 Å². The molecule has 1 aliphatic heterocycles. The maximum atomic E-state index is 12.8. The summed E-state index contributed by atoms with van der Waals surface area (Å²) in [4.78, 5) is 25.1. The van der Waals surface area contributed by atoms with Crippen molar-refractivity contribution in [3.05, 3.63) is 29.8 Å². The molecule has 1 saturated heterocycles. The summed E-state index contributed by atoms with van der Waals surface area (Å²) in [6.45, 7) is 1.55. The fourth-order valence-electron chi connectivity index (χ4n) is 2.10. The molecule has 5 nitrogen and oxygen atoms in total. The molecule has 0 spiro atoms. The summed E-state index contributed by atoms with van der Waals surface area (Å²) in [6.07, 6.45) is -5.07. The molecule has 0 unspecified atom stereocenters. The molecule has 1 N–H and O–H groups in total. The van der Waals surface area contributed by atoms with Gasteiger partial charge in [-0.1, -0.05) is 12.1 Å². The van der Waals surface area contributed by atoms with Crippen molar-refractivity contribution in [1.29, 1.82) is 0 Å². The molecular formula is C14H15F3N2O3. The molecule has 2 amide bonds. The minimum absolute atomic E-state index is 0.352. The van der Waals surface area contributed by atoms with Crippen molar-refractivity contribution in [2.24, 2.45) is 0 Å². The van der Waals surface area contributed by atoms with Gasteiger partial charge in [-0.2, -0.15) is 13.2 Å². The van der Waals surface area contributed by atoms with Crippen molar-refractivity contribution in [3.8, 4) is 0 Å². The Kier molecular flexibility index (Phi) is 5.02. The van der Waals surface area contributed by atoms with Gasteiger partial charge in [0.2, 0.25) is 11.8 Å². The summed E-state index contributed by atoms with van der Waals surface area (Å²) in [5.41, 5.74) is -1.29. The minimum Gasteiger partial charge on any atom is -0.378 e. The Balaban J connectivity index is 1.99. The van der Waals surface area contributed by atoms with Crippen LogP contribution in [0.3, 0.4) is 0 Å². The summed E-state index contributed by atoms with van der Waals surface area (Å²) < 4.78 is 43.5. The number of para-hydroxylation sites is 1. The Morgan fingerprint density at radius 2 is 1.82 bits per heavy atom. The molecule has 1 fully saturated rings. The fourth-order valence-corrected chi connectivity index (χ4v) is 2.10. The first kappa shape index (κ1) is 16.3. The Labute approximate surface area is 125 Å². The first-order valence-electron chi connectivity index (χ1n) is 6.69. The van der Waals surface area contributed by atoms with Crippen molar-refractivity contribution in [2.45, 2.75) is 12.6 Å². The van der Waals surface area contributed by atoms with Crippen LogP contribution in [-0.2, 0) is 20.5 Å². The number of carbonyl (C=O) groups is 2. The number of hydrogen-bond donors (Lipinski definition) is 1. The van der Waals surface area contributed by atoms with Gasteiger partial charge in [-0.3, -0.25) is 9.59 Å². The Hall–Kier alpha value is -2.09. The van der Waals surface area contributed by atoms with Crippen LogP contribution in [0.1, 0.15) is 12.0 Å². The second-order valence-electron chi connectivity index (χ2n) is 4.76. The lowest BCUT2D eigenvalue weighted by Gasteiger charge is -2.26. The zero-order chi connectivity index (χ0) is 16.2. The van der Waals surface area contributed by atoms with Gasteiger partial charge in [0, 0.05) is 13.1 Å². The lowest BCUT2D eigenvalue weighted by Crippen LogP contribution is -2.42. The number of carbonyl (C=O) groups excluding carboxylic acids is 2. The van der Waals surface area contributed by atoms with E-state index >= 15 is 0 Å². The second kappa shape index (κ2) is 6.78. The van der Waals surface area contributed by atoms with Crippen molar-refractivity contribution in [3.63, 3.8) is 0 Å². The van der Waals surface area contributed by atoms with E-state index in [-0.39, 0.29) is 5.69 Å². The van der Waals surface area contributed by atoms with E-state index in [2.05, 4.69) is 5.32 Å². The van der Waals surface area contributed by atoms with Gasteiger partial charge in [0.05, 0.1) is 24.5 Å². The van der Waals surface area contributed by atoms with E-state index in [4.69, 9.17) is 4.74 Å². The molecule has 2 rings (SSSR count). The second-order valence-corrected chi connectivity index (χ2v) is 4.76. The normalized spacial score (nSPS) is 15.5. The third-order valence-corrected chi connectivity index (χ3v) is 3.18. The molecule has 1 aromatic carbocycles. The highest BCUT2D eigenvalue weighted by atomic mass is 19.4. The number of anilines is 1. The molecule has 22 heavy (non-hydrogen) atoms. The Morgan fingerprint density at radius 3 is 2.45 bits per heavy atom. The maximum absolute atomic E-state index is 12.8. The van der Waals surface area contributed by atoms with Gasteiger partial charge < -0.3 is 15.0 Å². The zero-order valence-electron chi connectivity index (χ0n) is 11.7. The third-order valence-electron chi connectivity index (χ3n) is 3.18. The quantitative estimate of drug-likeness (QED) is 0.867. The average Bonchev–Trinajstić information content (AvgIpc) is 2.47. The van der Waals surface area contributed by atoms with Crippen LogP contribution in [0.2, 0.25) is 0 Å². The molecule has 0 bridgehead atoms. The van der Waals surface area contributed by atoms with Gasteiger partial charge in [0.25, 0.3) is 0 Å². The number of nitrogens with one attached hydrogen (secondary N) is 1. The highest BCUT2D eigenvalue weighted by molar-refractivity contribution is 6.03. The molecule has 1 heterocycles. The number of nitrogens with zero attached hydrogens (tertiary/aromatic N) is 1. The van der Waals surface area contributed by atoms with Gasteiger partial charge in [0.1, 0.15) is 6.42 Å². The number of morpholine rings is 1. The van der Waals surface area contributed by atoms with Crippen LogP contribution in [-0.4, -0.2) is 43.0 Å². The van der Waals surface area contributed by atoms with E-state index in [9.17, 15) is 22.8 Å². The van der Waals surface area contributed by atoms with Gasteiger partial charge in [0.15, 0.2) is 0 Å². The van der Waals surface area contributed by atoms with Crippen LogP contribution < -0.4 is 5.32 Å². The molecule has 0 aromatic heterocycles. The topological polar surface area (TPSA) is 58.6 Å². The number of amides is 2. The van der Waals surface area contributed by atoms with E-state index in [0.29, 0.717) is 26.3 Å². The number of alkyl halides is 3. The highest BCUT2D eigenvalue weighted by Crippen LogP contribution is 2.34. The summed E-state index contributed by atoms with van der Waals surface area (Å²) in [5.74, 6) is -1.20. The van der Waals surface area contributed by atoms with E-state index in [1.165, 1.54) is 17.0 Å². The summed E-state index contributed by atoms with van der Waals surface area (Å²) in [6, 6.07) is 4.64. The third kappa shape index (κ3) is 4.20. The van der Waals surface area contributed by atoms with Crippen molar-refractivity contribution in [1.82, 2.24) is 4.90 Å². The Morgan fingerprint density at radius 1 is 1.18 bits per heavy atom. The molecule has 8 heteroatoms. The van der Waals surface area contributed by atoms with E-state index in [1.54, 1.807) is 0 Å². The van der Waals surface area contributed by atoms with Crippen LogP contribution >= 0.6 is 0 Å².